The summed E-state index contributed by atoms with van der Waals surface area (Å²) in [6, 6.07) is 16.2. The van der Waals surface area contributed by atoms with Gasteiger partial charge in [-0.3, -0.25) is 4.79 Å². The molecule has 2 aromatic rings. The second-order valence-corrected chi connectivity index (χ2v) is 4.45. The number of nitrogens with one attached hydrogen (secondary N) is 1. The number of hydrogen-bond acceptors (Lipinski definition) is 3. The molecule has 0 spiro atoms. The van der Waals surface area contributed by atoms with E-state index >= 15 is 0 Å². The fourth-order valence-electron chi connectivity index (χ4n) is 1.71. The number of benzene rings is 2. The van der Waals surface area contributed by atoms with Crippen LogP contribution in [-0.4, -0.2) is 17.6 Å². The van der Waals surface area contributed by atoms with E-state index in [4.69, 9.17) is 4.74 Å². The van der Waals surface area contributed by atoms with Gasteiger partial charge in [-0.2, -0.15) is 0 Å². The number of rotatable bonds is 5. The number of aliphatic hydroxyl groups is 1. The quantitative estimate of drug-likeness (QED) is 0.879. The van der Waals surface area contributed by atoms with Crippen LogP contribution >= 0.6 is 0 Å². The van der Waals surface area contributed by atoms with E-state index in [1.54, 1.807) is 43.3 Å². The average Bonchev–Trinajstić information content (AvgIpc) is 2.47. The minimum Gasteiger partial charge on any atom is -0.484 e. The Morgan fingerprint density at radius 1 is 1.15 bits per heavy atom. The number of para-hydroxylation sites is 1. The van der Waals surface area contributed by atoms with Crippen LogP contribution in [0.4, 0.5) is 5.69 Å². The van der Waals surface area contributed by atoms with Crippen molar-refractivity contribution < 1.29 is 14.6 Å². The third-order valence-electron chi connectivity index (χ3n) is 2.79. The van der Waals surface area contributed by atoms with E-state index in [0.717, 1.165) is 5.56 Å². The maximum atomic E-state index is 11.7. The molecule has 1 amide bonds. The number of ether oxygens (including phenoxy) is 1. The topological polar surface area (TPSA) is 58.6 Å². The van der Waals surface area contributed by atoms with Crippen LogP contribution in [-0.2, 0) is 4.79 Å². The van der Waals surface area contributed by atoms with Gasteiger partial charge in [-0.1, -0.05) is 30.3 Å². The lowest BCUT2D eigenvalue weighted by atomic mass is 10.1. The summed E-state index contributed by atoms with van der Waals surface area (Å²) in [5.41, 5.74) is 1.49. The highest BCUT2D eigenvalue weighted by Gasteiger charge is 2.05. The zero-order valence-electron chi connectivity index (χ0n) is 11.2. The number of hydrogen-bond donors (Lipinski definition) is 2. The molecule has 1 atom stereocenters. The van der Waals surface area contributed by atoms with Gasteiger partial charge in [-0.25, -0.2) is 0 Å². The predicted octanol–water partition coefficient (Wildman–Crippen LogP) is 2.76. The van der Waals surface area contributed by atoms with E-state index in [1.165, 1.54) is 0 Å². The summed E-state index contributed by atoms with van der Waals surface area (Å²) >= 11 is 0. The number of anilines is 1. The Labute approximate surface area is 118 Å². The normalized spacial score (nSPS) is 11.7. The fraction of sp³-hybridized carbons (Fsp3) is 0.188. The SMILES string of the molecule is C[C@H](O)c1ccc(NC(=O)COc2ccccc2)cc1. The number of amides is 1. The zero-order chi connectivity index (χ0) is 14.4. The van der Waals surface area contributed by atoms with Crippen molar-refractivity contribution in [2.24, 2.45) is 0 Å². The van der Waals surface area contributed by atoms with Gasteiger partial charge >= 0.3 is 0 Å². The molecule has 4 heteroatoms. The molecule has 0 fully saturated rings. The molecule has 2 rings (SSSR count). The largest absolute Gasteiger partial charge is 0.484 e. The van der Waals surface area contributed by atoms with Crippen LogP contribution in [0.2, 0.25) is 0 Å². The molecule has 0 radical (unpaired) electrons. The van der Waals surface area contributed by atoms with Crippen LogP contribution < -0.4 is 10.1 Å². The highest BCUT2D eigenvalue weighted by Crippen LogP contribution is 2.15. The summed E-state index contributed by atoms with van der Waals surface area (Å²) < 4.78 is 5.35. The van der Waals surface area contributed by atoms with Gasteiger partial charge in [0.15, 0.2) is 6.61 Å². The molecule has 104 valence electrons. The standard InChI is InChI=1S/C16H17NO3/c1-12(18)13-7-9-14(10-8-13)17-16(19)11-20-15-5-3-2-4-6-15/h2-10,12,18H,11H2,1H3,(H,17,19)/t12-/m0/s1. The Morgan fingerprint density at radius 3 is 2.40 bits per heavy atom. The van der Waals surface area contributed by atoms with Crippen LogP contribution in [0, 0.1) is 0 Å². The molecule has 0 unspecified atom stereocenters. The minimum atomic E-state index is -0.513. The van der Waals surface area contributed by atoms with E-state index in [0.29, 0.717) is 11.4 Å². The lowest BCUT2D eigenvalue weighted by molar-refractivity contribution is -0.118. The van der Waals surface area contributed by atoms with Crippen LogP contribution in [0.25, 0.3) is 0 Å². The molecule has 0 saturated heterocycles. The Morgan fingerprint density at radius 2 is 1.80 bits per heavy atom. The summed E-state index contributed by atoms with van der Waals surface area (Å²) in [5, 5.41) is 12.1. The van der Waals surface area contributed by atoms with Crippen LogP contribution in [0.1, 0.15) is 18.6 Å². The highest BCUT2D eigenvalue weighted by atomic mass is 16.5. The van der Waals surface area contributed by atoms with Gasteiger partial charge in [0, 0.05) is 5.69 Å². The van der Waals surface area contributed by atoms with E-state index < -0.39 is 6.10 Å². The van der Waals surface area contributed by atoms with Crippen molar-refractivity contribution in [1.82, 2.24) is 0 Å². The molecule has 0 aliphatic heterocycles. The van der Waals surface area contributed by atoms with Gasteiger partial charge in [0.05, 0.1) is 6.10 Å². The Bertz CT molecular complexity index is 550. The third-order valence-corrected chi connectivity index (χ3v) is 2.79. The minimum absolute atomic E-state index is 0.0395. The molecule has 0 saturated carbocycles. The van der Waals surface area contributed by atoms with Crippen molar-refractivity contribution in [2.45, 2.75) is 13.0 Å². The molecule has 2 N–H and O–H groups in total. The summed E-state index contributed by atoms with van der Waals surface area (Å²) in [7, 11) is 0. The third kappa shape index (κ3) is 4.10. The van der Waals surface area contributed by atoms with Crippen molar-refractivity contribution in [3.05, 3.63) is 60.2 Å². The molecule has 2 aromatic carbocycles. The maximum absolute atomic E-state index is 11.7. The first-order valence-corrected chi connectivity index (χ1v) is 6.41. The second kappa shape index (κ2) is 6.73. The average molecular weight is 271 g/mol. The summed E-state index contributed by atoms with van der Waals surface area (Å²) in [6.07, 6.45) is -0.513. The fourth-order valence-corrected chi connectivity index (χ4v) is 1.71. The molecular formula is C16H17NO3. The molecule has 20 heavy (non-hydrogen) atoms. The van der Waals surface area contributed by atoms with Gasteiger partial charge in [0.2, 0.25) is 0 Å². The summed E-state index contributed by atoms with van der Waals surface area (Å²) in [4.78, 5) is 11.7. The van der Waals surface area contributed by atoms with Gasteiger partial charge in [-0.15, -0.1) is 0 Å². The van der Waals surface area contributed by atoms with Gasteiger partial charge in [0.25, 0.3) is 5.91 Å². The lowest BCUT2D eigenvalue weighted by Gasteiger charge is -2.09. The number of aliphatic hydroxyl groups excluding tert-OH is 1. The van der Waals surface area contributed by atoms with Crippen molar-refractivity contribution in [3.63, 3.8) is 0 Å². The Kier molecular flexibility index (Phi) is 4.74. The highest BCUT2D eigenvalue weighted by molar-refractivity contribution is 5.91. The molecule has 0 bridgehead atoms. The molecule has 0 aromatic heterocycles. The number of carbonyl (C=O) groups excluding carboxylic acids is 1. The van der Waals surface area contributed by atoms with E-state index in [-0.39, 0.29) is 12.5 Å². The molecule has 0 heterocycles. The Balaban J connectivity index is 1.85. The molecule has 0 aliphatic carbocycles. The summed E-state index contributed by atoms with van der Waals surface area (Å²) in [5.74, 6) is 0.436. The second-order valence-electron chi connectivity index (χ2n) is 4.45. The first-order valence-electron chi connectivity index (χ1n) is 6.41. The maximum Gasteiger partial charge on any atom is 0.262 e. The van der Waals surface area contributed by atoms with Crippen LogP contribution in [0.5, 0.6) is 5.75 Å². The zero-order valence-corrected chi connectivity index (χ0v) is 11.2. The number of carbonyl (C=O) groups is 1. The molecular weight excluding hydrogens is 254 g/mol. The van der Waals surface area contributed by atoms with Crippen molar-refractivity contribution in [2.75, 3.05) is 11.9 Å². The van der Waals surface area contributed by atoms with Crippen molar-refractivity contribution in [3.8, 4) is 5.75 Å². The monoisotopic (exact) mass is 271 g/mol. The van der Waals surface area contributed by atoms with Crippen LogP contribution in [0.3, 0.4) is 0 Å². The van der Waals surface area contributed by atoms with Gasteiger partial charge in [0.1, 0.15) is 5.75 Å². The molecule has 4 nitrogen and oxygen atoms in total. The van der Waals surface area contributed by atoms with E-state index in [9.17, 15) is 9.90 Å². The Hall–Kier alpha value is -2.33. The molecule has 0 aliphatic rings. The van der Waals surface area contributed by atoms with Crippen LogP contribution in [0.15, 0.2) is 54.6 Å². The van der Waals surface area contributed by atoms with Gasteiger partial charge in [-0.05, 0) is 36.8 Å². The van der Waals surface area contributed by atoms with Crippen molar-refractivity contribution in [1.29, 1.82) is 0 Å². The van der Waals surface area contributed by atoms with Crippen molar-refractivity contribution >= 4 is 11.6 Å². The smallest absolute Gasteiger partial charge is 0.262 e. The van der Waals surface area contributed by atoms with E-state index in [1.807, 2.05) is 18.2 Å². The first kappa shape index (κ1) is 14.1. The first-order chi connectivity index (χ1) is 9.65. The predicted molar refractivity (Wildman–Crippen MR) is 77.6 cm³/mol. The van der Waals surface area contributed by atoms with Gasteiger partial charge < -0.3 is 15.2 Å². The van der Waals surface area contributed by atoms with E-state index in [2.05, 4.69) is 5.32 Å². The lowest BCUT2D eigenvalue weighted by Crippen LogP contribution is -2.20. The summed E-state index contributed by atoms with van der Waals surface area (Å²) in [6.45, 7) is 1.66.